The van der Waals surface area contributed by atoms with Crippen LogP contribution in [-0.4, -0.2) is 36.6 Å². The van der Waals surface area contributed by atoms with E-state index in [1.165, 1.54) is 28.7 Å². The molecule has 10 heteroatoms. The normalized spacial score (nSPS) is 10.9. The van der Waals surface area contributed by atoms with E-state index in [0.29, 0.717) is 22.7 Å². The van der Waals surface area contributed by atoms with Gasteiger partial charge in [-0.15, -0.1) is 20.4 Å². The number of carbonyl (C=O) groups is 1. The van der Waals surface area contributed by atoms with Crippen molar-refractivity contribution in [3.8, 4) is 5.75 Å². The number of rotatable bonds is 11. The molecule has 2 aromatic carbocycles. The maximum Gasteiger partial charge on any atom is 0.236 e. The summed E-state index contributed by atoms with van der Waals surface area (Å²) < 4.78 is 7.97. The predicted octanol–water partition coefficient (Wildman–Crippen LogP) is 4.61. The van der Waals surface area contributed by atoms with E-state index in [1.54, 1.807) is 0 Å². The SMILES string of the molecule is CCc1ccc(OCc2nnc(SCC(=O)Nc3nnc(CC)s3)n2Cc2ccccc2)cc1. The van der Waals surface area contributed by atoms with Crippen LogP contribution in [0.3, 0.4) is 0 Å². The van der Waals surface area contributed by atoms with E-state index < -0.39 is 0 Å². The van der Waals surface area contributed by atoms with Gasteiger partial charge in [-0.3, -0.25) is 14.7 Å². The van der Waals surface area contributed by atoms with Crippen molar-refractivity contribution in [2.24, 2.45) is 0 Å². The fourth-order valence-corrected chi connectivity index (χ4v) is 4.61. The highest BCUT2D eigenvalue weighted by molar-refractivity contribution is 7.99. The quantitative estimate of drug-likeness (QED) is 0.304. The third-order valence-electron chi connectivity index (χ3n) is 5.02. The Morgan fingerprint density at radius 2 is 1.76 bits per heavy atom. The number of nitrogens with zero attached hydrogens (tertiary/aromatic N) is 5. The predicted molar refractivity (Wildman–Crippen MR) is 134 cm³/mol. The summed E-state index contributed by atoms with van der Waals surface area (Å²) in [6.45, 7) is 4.99. The molecule has 1 amide bonds. The maximum absolute atomic E-state index is 12.4. The fourth-order valence-electron chi connectivity index (χ4n) is 3.16. The molecule has 1 N–H and O–H groups in total. The van der Waals surface area contributed by atoms with Crippen LogP contribution in [0.1, 0.15) is 35.8 Å². The zero-order chi connectivity index (χ0) is 23.8. The second-order valence-corrected chi connectivity index (χ2v) is 9.45. The first-order chi connectivity index (χ1) is 16.6. The molecule has 0 atom stereocenters. The zero-order valence-electron chi connectivity index (χ0n) is 19.1. The van der Waals surface area contributed by atoms with E-state index in [4.69, 9.17) is 4.74 Å². The number of amides is 1. The lowest BCUT2D eigenvalue weighted by Crippen LogP contribution is -2.15. The first kappa shape index (κ1) is 23.9. The third kappa shape index (κ3) is 6.42. The van der Waals surface area contributed by atoms with Crippen molar-refractivity contribution in [3.63, 3.8) is 0 Å². The lowest BCUT2D eigenvalue weighted by molar-refractivity contribution is -0.113. The minimum Gasteiger partial charge on any atom is -0.486 e. The molecular weight excluding hydrogens is 468 g/mol. The Bertz CT molecular complexity index is 1210. The zero-order valence-corrected chi connectivity index (χ0v) is 20.7. The van der Waals surface area contributed by atoms with Crippen molar-refractivity contribution in [1.29, 1.82) is 0 Å². The van der Waals surface area contributed by atoms with Crippen LogP contribution in [0.25, 0.3) is 0 Å². The van der Waals surface area contributed by atoms with Crippen molar-refractivity contribution in [3.05, 3.63) is 76.6 Å². The Balaban J connectivity index is 1.44. The summed E-state index contributed by atoms with van der Waals surface area (Å²) >= 11 is 2.72. The highest BCUT2D eigenvalue weighted by Gasteiger charge is 2.16. The lowest BCUT2D eigenvalue weighted by atomic mass is 10.2. The van der Waals surface area contributed by atoms with Gasteiger partial charge in [0.2, 0.25) is 11.0 Å². The molecule has 8 nitrogen and oxygen atoms in total. The van der Waals surface area contributed by atoms with Gasteiger partial charge in [0, 0.05) is 0 Å². The van der Waals surface area contributed by atoms with Crippen molar-refractivity contribution < 1.29 is 9.53 Å². The molecule has 0 bridgehead atoms. The van der Waals surface area contributed by atoms with Crippen LogP contribution in [0, 0.1) is 0 Å². The summed E-state index contributed by atoms with van der Waals surface area (Å²) in [5.41, 5.74) is 2.37. The van der Waals surface area contributed by atoms with Gasteiger partial charge in [0.1, 0.15) is 17.4 Å². The summed E-state index contributed by atoms with van der Waals surface area (Å²) in [5.74, 6) is 1.51. The molecule has 34 heavy (non-hydrogen) atoms. The monoisotopic (exact) mass is 494 g/mol. The highest BCUT2D eigenvalue weighted by Crippen LogP contribution is 2.22. The van der Waals surface area contributed by atoms with Gasteiger partial charge in [-0.2, -0.15) is 0 Å². The highest BCUT2D eigenvalue weighted by atomic mass is 32.2. The molecule has 2 aromatic heterocycles. The van der Waals surface area contributed by atoms with Crippen LogP contribution in [-0.2, 0) is 30.8 Å². The number of ether oxygens (including phenoxy) is 1. The Hall–Kier alpha value is -3.24. The minimum absolute atomic E-state index is 0.160. The number of carbonyl (C=O) groups excluding carboxylic acids is 1. The lowest BCUT2D eigenvalue weighted by Gasteiger charge is -2.11. The standard InChI is InChI=1S/C24H26N6O2S2/c1-3-17-10-12-19(13-11-17)32-15-20-26-29-24(30(20)14-18-8-6-5-7-9-18)33-16-21(31)25-23-28-27-22(4-2)34-23/h5-13H,3-4,14-16H2,1-2H3,(H,25,28,31). The first-order valence-electron chi connectivity index (χ1n) is 11.1. The van der Waals surface area contributed by atoms with E-state index in [9.17, 15) is 4.79 Å². The van der Waals surface area contributed by atoms with Gasteiger partial charge in [-0.25, -0.2) is 0 Å². The fraction of sp³-hybridized carbons (Fsp3) is 0.292. The Kier molecular flexibility index (Phi) is 8.26. The summed E-state index contributed by atoms with van der Waals surface area (Å²) in [5, 5.41) is 21.6. The van der Waals surface area contributed by atoms with Gasteiger partial charge in [-0.1, -0.05) is 79.4 Å². The molecule has 0 aliphatic carbocycles. The number of aryl methyl sites for hydroxylation is 2. The molecule has 0 fully saturated rings. The average Bonchev–Trinajstić information content (AvgIpc) is 3.49. The molecule has 0 saturated carbocycles. The number of anilines is 1. The first-order valence-corrected chi connectivity index (χ1v) is 12.9. The molecule has 0 radical (unpaired) electrons. The summed E-state index contributed by atoms with van der Waals surface area (Å²) in [6.07, 6.45) is 1.77. The topological polar surface area (TPSA) is 94.8 Å². The van der Waals surface area contributed by atoms with Gasteiger partial charge in [0.15, 0.2) is 11.0 Å². The smallest absolute Gasteiger partial charge is 0.236 e. The van der Waals surface area contributed by atoms with Crippen molar-refractivity contribution in [1.82, 2.24) is 25.0 Å². The van der Waals surface area contributed by atoms with Crippen LogP contribution >= 0.6 is 23.1 Å². The van der Waals surface area contributed by atoms with Crippen LogP contribution < -0.4 is 10.1 Å². The number of aromatic nitrogens is 5. The number of thioether (sulfide) groups is 1. The van der Waals surface area contributed by atoms with Gasteiger partial charge in [0.05, 0.1) is 12.3 Å². The largest absolute Gasteiger partial charge is 0.486 e. The van der Waals surface area contributed by atoms with Gasteiger partial charge in [-0.05, 0) is 36.1 Å². The van der Waals surface area contributed by atoms with Crippen molar-refractivity contribution in [2.45, 2.75) is 45.0 Å². The molecule has 0 saturated heterocycles. The molecule has 0 unspecified atom stereocenters. The number of hydrogen-bond donors (Lipinski definition) is 1. The van der Waals surface area contributed by atoms with Gasteiger partial charge >= 0.3 is 0 Å². The molecule has 0 aliphatic rings. The van der Waals surface area contributed by atoms with Crippen LogP contribution in [0.2, 0.25) is 0 Å². The third-order valence-corrected chi connectivity index (χ3v) is 6.97. The Morgan fingerprint density at radius 3 is 2.47 bits per heavy atom. The molecule has 0 aliphatic heterocycles. The molecular formula is C24H26N6O2S2. The van der Waals surface area contributed by atoms with E-state index in [1.807, 2.05) is 41.8 Å². The van der Waals surface area contributed by atoms with E-state index in [0.717, 1.165) is 29.2 Å². The molecule has 2 heterocycles. The van der Waals surface area contributed by atoms with E-state index in [-0.39, 0.29) is 18.3 Å². The van der Waals surface area contributed by atoms with Crippen molar-refractivity contribution >= 4 is 34.1 Å². The van der Waals surface area contributed by atoms with Crippen LogP contribution in [0.15, 0.2) is 59.8 Å². The van der Waals surface area contributed by atoms with Gasteiger partial charge in [0.25, 0.3) is 0 Å². The number of hydrogen-bond acceptors (Lipinski definition) is 8. The molecule has 176 valence electrons. The number of benzene rings is 2. The Labute approximate surface area is 206 Å². The second-order valence-electron chi connectivity index (χ2n) is 7.45. The van der Waals surface area contributed by atoms with E-state index >= 15 is 0 Å². The van der Waals surface area contributed by atoms with Crippen LogP contribution in [0.5, 0.6) is 5.75 Å². The van der Waals surface area contributed by atoms with Crippen LogP contribution in [0.4, 0.5) is 5.13 Å². The summed E-state index contributed by atoms with van der Waals surface area (Å²) in [4.78, 5) is 12.4. The summed E-state index contributed by atoms with van der Waals surface area (Å²) in [7, 11) is 0. The molecule has 4 aromatic rings. The Morgan fingerprint density at radius 1 is 0.971 bits per heavy atom. The van der Waals surface area contributed by atoms with Gasteiger partial charge < -0.3 is 4.74 Å². The maximum atomic E-state index is 12.4. The second kappa shape index (κ2) is 11.8. The summed E-state index contributed by atoms with van der Waals surface area (Å²) in [6, 6.07) is 18.1. The molecule has 4 rings (SSSR count). The average molecular weight is 495 g/mol. The molecule has 0 spiro atoms. The minimum atomic E-state index is -0.160. The van der Waals surface area contributed by atoms with Crippen molar-refractivity contribution in [2.75, 3.05) is 11.1 Å². The number of nitrogens with one attached hydrogen (secondary N) is 1. The van der Waals surface area contributed by atoms with E-state index in [2.05, 4.69) is 56.9 Å².